The Bertz CT molecular complexity index is 658. The van der Waals surface area contributed by atoms with E-state index in [1.807, 2.05) is 0 Å². The van der Waals surface area contributed by atoms with E-state index in [0.29, 0.717) is 11.8 Å². The molecule has 88 valence electrons. The Labute approximate surface area is 102 Å². The molecule has 2 rings (SSSR count). The van der Waals surface area contributed by atoms with Gasteiger partial charge in [-0.25, -0.2) is 8.42 Å². The fourth-order valence-corrected chi connectivity index (χ4v) is 2.52. The SMILES string of the molecule is O=Cc1ccc(-c2ccccc2S(=O)(=O)Cl)o1. The Morgan fingerprint density at radius 3 is 2.41 bits per heavy atom. The van der Waals surface area contributed by atoms with Gasteiger partial charge in [0, 0.05) is 16.2 Å². The smallest absolute Gasteiger partial charge is 0.262 e. The number of carbonyl (C=O) groups is 1. The van der Waals surface area contributed by atoms with Crippen LogP contribution in [-0.4, -0.2) is 14.7 Å². The van der Waals surface area contributed by atoms with Gasteiger partial charge >= 0.3 is 0 Å². The summed E-state index contributed by atoms with van der Waals surface area (Å²) in [6.07, 6.45) is 0.543. The van der Waals surface area contributed by atoms with E-state index in [2.05, 4.69) is 0 Å². The molecule has 1 aromatic heterocycles. The molecule has 0 saturated carbocycles. The molecule has 0 aliphatic heterocycles. The fourth-order valence-electron chi connectivity index (χ4n) is 1.44. The van der Waals surface area contributed by atoms with Crippen LogP contribution in [0.4, 0.5) is 0 Å². The second-order valence-electron chi connectivity index (χ2n) is 3.25. The third-order valence-electron chi connectivity index (χ3n) is 2.16. The molecule has 0 bridgehead atoms. The number of benzene rings is 1. The zero-order valence-corrected chi connectivity index (χ0v) is 10.0. The molecule has 0 aliphatic carbocycles. The largest absolute Gasteiger partial charge is 0.453 e. The first-order valence-corrected chi connectivity index (χ1v) is 6.92. The van der Waals surface area contributed by atoms with Gasteiger partial charge in [0.25, 0.3) is 9.05 Å². The van der Waals surface area contributed by atoms with Crippen LogP contribution in [0.15, 0.2) is 45.7 Å². The van der Waals surface area contributed by atoms with Crippen molar-refractivity contribution in [2.24, 2.45) is 0 Å². The summed E-state index contributed by atoms with van der Waals surface area (Å²) in [4.78, 5) is 10.4. The molecule has 4 nitrogen and oxygen atoms in total. The Morgan fingerprint density at radius 1 is 1.12 bits per heavy atom. The van der Waals surface area contributed by atoms with Gasteiger partial charge in [0.1, 0.15) is 5.76 Å². The summed E-state index contributed by atoms with van der Waals surface area (Å²) in [5, 5.41) is 0. The van der Waals surface area contributed by atoms with Gasteiger partial charge < -0.3 is 4.42 Å². The van der Waals surface area contributed by atoms with E-state index in [1.165, 1.54) is 18.2 Å². The molecule has 1 aromatic carbocycles. The zero-order chi connectivity index (χ0) is 12.5. The highest BCUT2D eigenvalue weighted by molar-refractivity contribution is 8.13. The maximum atomic E-state index is 11.4. The van der Waals surface area contributed by atoms with Crippen molar-refractivity contribution < 1.29 is 17.6 Å². The van der Waals surface area contributed by atoms with E-state index in [-0.39, 0.29) is 16.4 Å². The van der Waals surface area contributed by atoms with E-state index >= 15 is 0 Å². The van der Waals surface area contributed by atoms with Crippen molar-refractivity contribution in [3.05, 3.63) is 42.2 Å². The standard InChI is InChI=1S/C11H7ClO4S/c12-17(14,15)11-4-2-1-3-9(11)10-6-5-8(7-13)16-10/h1-7H. The van der Waals surface area contributed by atoms with Gasteiger partial charge in [-0.2, -0.15) is 0 Å². The van der Waals surface area contributed by atoms with Crippen LogP contribution in [0.5, 0.6) is 0 Å². The van der Waals surface area contributed by atoms with Gasteiger partial charge in [0.05, 0.1) is 4.90 Å². The Morgan fingerprint density at radius 2 is 1.82 bits per heavy atom. The third-order valence-corrected chi connectivity index (χ3v) is 3.54. The lowest BCUT2D eigenvalue weighted by Gasteiger charge is -2.02. The van der Waals surface area contributed by atoms with Gasteiger partial charge in [-0.1, -0.05) is 12.1 Å². The highest BCUT2D eigenvalue weighted by Gasteiger charge is 2.18. The summed E-state index contributed by atoms with van der Waals surface area (Å²) in [6, 6.07) is 9.13. The van der Waals surface area contributed by atoms with Crippen molar-refractivity contribution in [2.75, 3.05) is 0 Å². The van der Waals surface area contributed by atoms with Crippen LogP contribution in [0.2, 0.25) is 0 Å². The summed E-state index contributed by atoms with van der Waals surface area (Å²) < 4.78 is 27.9. The fraction of sp³-hybridized carbons (Fsp3) is 0. The lowest BCUT2D eigenvalue weighted by molar-refractivity contribution is 0.110. The first kappa shape index (κ1) is 11.9. The molecule has 0 atom stereocenters. The quantitative estimate of drug-likeness (QED) is 0.635. The number of hydrogen-bond donors (Lipinski definition) is 0. The van der Waals surface area contributed by atoms with Gasteiger partial charge in [-0.3, -0.25) is 4.79 Å². The lowest BCUT2D eigenvalue weighted by atomic mass is 10.2. The molecular weight excluding hydrogens is 264 g/mol. The normalized spacial score (nSPS) is 11.4. The van der Waals surface area contributed by atoms with Crippen molar-refractivity contribution in [3.63, 3.8) is 0 Å². The van der Waals surface area contributed by atoms with E-state index in [9.17, 15) is 13.2 Å². The molecule has 6 heteroatoms. The highest BCUT2D eigenvalue weighted by atomic mass is 35.7. The van der Waals surface area contributed by atoms with Crippen molar-refractivity contribution in [1.29, 1.82) is 0 Å². The van der Waals surface area contributed by atoms with Gasteiger partial charge in [-0.15, -0.1) is 0 Å². The predicted octanol–water partition coefficient (Wildman–Crippen LogP) is 2.69. The maximum absolute atomic E-state index is 11.4. The molecule has 17 heavy (non-hydrogen) atoms. The van der Waals surface area contributed by atoms with Gasteiger partial charge in [0.15, 0.2) is 12.0 Å². The van der Waals surface area contributed by atoms with Crippen LogP contribution in [0, 0.1) is 0 Å². The van der Waals surface area contributed by atoms with E-state index in [4.69, 9.17) is 15.1 Å². The lowest BCUT2D eigenvalue weighted by Crippen LogP contribution is -1.93. The number of aldehydes is 1. The minimum atomic E-state index is -3.86. The molecule has 0 fully saturated rings. The minimum Gasteiger partial charge on any atom is -0.453 e. The average Bonchev–Trinajstić information content (AvgIpc) is 2.76. The van der Waals surface area contributed by atoms with E-state index in [0.717, 1.165) is 0 Å². The summed E-state index contributed by atoms with van der Waals surface area (Å²) in [6.45, 7) is 0. The molecule has 2 aromatic rings. The van der Waals surface area contributed by atoms with Crippen molar-refractivity contribution in [3.8, 4) is 11.3 Å². The Kier molecular flexibility index (Phi) is 3.04. The third kappa shape index (κ3) is 2.40. The molecule has 1 heterocycles. The second-order valence-corrected chi connectivity index (χ2v) is 5.79. The zero-order valence-electron chi connectivity index (χ0n) is 8.46. The van der Waals surface area contributed by atoms with Crippen LogP contribution in [-0.2, 0) is 9.05 Å². The molecule has 0 N–H and O–H groups in total. The van der Waals surface area contributed by atoms with Crippen molar-refractivity contribution in [1.82, 2.24) is 0 Å². The van der Waals surface area contributed by atoms with E-state index < -0.39 is 9.05 Å². The number of halogens is 1. The first-order valence-electron chi connectivity index (χ1n) is 4.61. The van der Waals surface area contributed by atoms with Gasteiger partial charge in [0.2, 0.25) is 0 Å². The van der Waals surface area contributed by atoms with Crippen molar-refractivity contribution in [2.45, 2.75) is 4.90 Å². The van der Waals surface area contributed by atoms with E-state index in [1.54, 1.807) is 18.2 Å². The summed E-state index contributed by atoms with van der Waals surface area (Å²) in [7, 11) is 1.46. The summed E-state index contributed by atoms with van der Waals surface area (Å²) >= 11 is 0. The molecule has 0 radical (unpaired) electrons. The van der Waals surface area contributed by atoms with Crippen LogP contribution < -0.4 is 0 Å². The average molecular weight is 271 g/mol. The number of hydrogen-bond acceptors (Lipinski definition) is 4. The summed E-state index contributed by atoms with van der Waals surface area (Å²) in [5.74, 6) is 0.411. The van der Waals surface area contributed by atoms with Crippen LogP contribution in [0.3, 0.4) is 0 Å². The van der Waals surface area contributed by atoms with Crippen LogP contribution in [0.25, 0.3) is 11.3 Å². The monoisotopic (exact) mass is 270 g/mol. The minimum absolute atomic E-state index is 0.0477. The van der Waals surface area contributed by atoms with Crippen molar-refractivity contribution >= 4 is 26.0 Å². The first-order chi connectivity index (χ1) is 8.02. The number of furan rings is 1. The number of rotatable bonds is 3. The number of carbonyl (C=O) groups excluding carboxylic acids is 1. The van der Waals surface area contributed by atoms with Gasteiger partial charge in [-0.05, 0) is 24.3 Å². The van der Waals surface area contributed by atoms with Crippen LogP contribution >= 0.6 is 10.7 Å². The predicted molar refractivity (Wildman–Crippen MR) is 62.6 cm³/mol. The summed E-state index contributed by atoms with van der Waals surface area (Å²) in [5.41, 5.74) is 0.329. The molecular formula is C11H7ClO4S. The topological polar surface area (TPSA) is 64.3 Å². The Hall–Kier alpha value is -1.59. The molecule has 0 spiro atoms. The highest BCUT2D eigenvalue weighted by Crippen LogP contribution is 2.30. The molecule has 0 unspecified atom stereocenters. The second kappa shape index (κ2) is 4.35. The van der Waals surface area contributed by atoms with Crippen LogP contribution in [0.1, 0.15) is 10.6 Å². The maximum Gasteiger partial charge on any atom is 0.262 e. The molecule has 0 saturated heterocycles. The Balaban J connectivity index is 2.63. The molecule has 0 aliphatic rings. The molecule has 0 amide bonds.